The lowest BCUT2D eigenvalue weighted by atomic mass is 10.1. The van der Waals surface area contributed by atoms with Crippen molar-refractivity contribution >= 4 is 17.3 Å². The lowest BCUT2D eigenvalue weighted by molar-refractivity contribution is -0.114. The van der Waals surface area contributed by atoms with Crippen molar-refractivity contribution in [2.45, 2.75) is 33.9 Å². The van der Waals surface area contributed by atoms with Gasteiger partial charge in [0.25, 0.3) is 0 Å². The van der Waals surface area contributed by atoms with E-state index in [1.54, 1.807) is 0 Å². The van der Waals surface area contributed by atoms with E-state index in [0.29, 0.717) is 19.8 Å². The second-order valence-electron chi connectivity index (χ2n) is 7.10. The van der Waals surface area contributed by atoms with E-state index in [4.69, 9.17) is 9.47 Å². The van der Waals surface area contributed by atoms with E-state index < -0.39 is 0 Å². The fourth-order valence-electron chi connectivity index (χ4n) is 2.97. The Morgan fingerprint density at radius 3 is 2.17 bits per heavy atom. The first-order valence-corrected chi connectivity index (χ1v) is 10.1. The minimum absolute atomic E-state index is 0.0798. The summed E-state index contributed by atoms with van der Waals surface area (Å²) in [6.07, 6.45) is 0. The molecule has 0 heterocycles. The second-order valence-corrected chi connectivity index (χ2v) is 7.10. The molecule has 0 aliphatic rings. The maximum Gasteiger partial charge on any atom is 0.221 e. The number of ether oxygens (including phenoxy) is 2. The number of nitrogens with one attached hydrogen (secondary N) is 2. The van der Waals surface area contributed by atoms with Gasteiger partial charge in [-0.2, -0.15) is 0 Å². The largest absolute Gasteiger partial charge is 0.490 e. The summed E-state index contributed by atoms with van der Waals surface area (Å²) in [6, 6.07) is 21.9. The van der Waals surface area contributed by atoms with Crippen molar-refractivity contribution in [3.63, 3.8) is 0 Å². The van der Waals surface area contributed by atoms with Crippen LogP contribution in [0.15, 0.2) is 66.7 Å². The van der Waals surface area contributed by atoms with Gasteiger partial charge in [-0.05, 0) is 61.4 Å². The fourth-order valence-corrected chi connectivity index (χ4v) is 2.97. The Hall–Kier alpha value is -3.47. The molecular formula is C25H28N2O3. The zero-order chi connectivity index (χ0) is 21.3. The molecule has 0 aliphatic carbocycles. The normalized spacial score (nSPS) is 10.4. The van der Waals surface area contributed by atoms with Gasteiger partial charge < -0.3 is 20.1 Å². The van der Waals surface area contributed by atoms with Crippen LogP contribution in [0.3, 0.4) is 0 Å². The molecule has 0 spiro atoms. The summed E-state index contributed by atoms with van der Waals surface area (Å²) in [4.78, 5) is 11.1. The smallest absolute Gasteiger partial charge is 0.221 e. The monoisotopic (exact) mass is 404 g/mol. The number of carbonyl (C=O) groups is 1. The minimum Gasteiger partial charge on any atom is -0.490 e. The van der Waals surface area contributed by atoms with Crippen molar-refractivity contribution in [1.29, 1.82) is 0 Å². The Morgan fingerprint density at radius 2 is 1.50 bits per heavy atom. The van der Waals surface area contributed by atoms with E-state index in [1.807, 2.05) is 49.4 Å². The number of aryl methyl sites for hydroxylation is 1. The lowest BCUT2D eigenvalue weighted by Gasteiger charge is -2.14. The molecule has 1 amide bonds. The molecule has 0 saturated heterocycles. The van der Waals surface area contributed by atoms with Gasteiger partial charge in [-0.25, -0.2) is 0 Å². The van der Waals surface area contributed by atoms with Gasteiger partial charge in [0.15, 0.2) is 11.5 Å². The Labute approximate surface area is 178 Å². The first-order valence-electron chi connectivity index (χ1n) is 10.1. The molecule has 5 heteroatoms. The van der Waals surface area contributed by atoms with E-state index in [2.05, 4.69) is 41.8 Å². The number of benzene rings is 3. The van der Waals surface area contributed by atoms with Crippen LogP contribution in [0.1, 0.15) is 30.5 Å². The third kappa shape index (κ3) is 6.27. The first kappa shape index (κ1) is 21.2. The average Bonchev–Trinajstić information content (AvgIpc) is 2.73. The maximum absolute atomic E-state index is 11.1. The molecule has 0 unspecified atom stereocenters. The highest BCUT2D eigenvalue weighted by Crippen LogP contribution is 2.30. The second kappa shape index (κ2) is 10.3. The lowest BCUT2D eigenvalue weighted by Crippen LogP contribution is -2.06. The fraction of sp³-hybridized carbons (Fsp3) is 0.240. The minimum atomic E-state index is -0.0798. The summed E-state index contributed by atoms with van der Waals surface area (Å²) in [6.45, 7) is 7.25. The van der Waals surface area contributed by atoms with Crippen molar-refractivity contribution in [3.05, 3.63) is 83.4 Å². The standard InChI is InChI=1S/C25H28N2O3/c1-4-29-25-15-21(16-26-22-10-12-23(13-11-22)27-19(3)28)9-14-24(25)30-17-20-7-5-18(2)6-8-20/h5-15,26H,4,16-17H2,1-3H3,(H,27,28). The molecular weight excluding hydrogens is 376 g/mol. The number of rotatable bonds is 9. The molecule has 3 rings (SSSR count). The molecule has 156 valence electrons. The highest BCUT2D eigenvalue weighted by Gasteiger charge is 2.08. The predicted octanol–water partition coefficient (Wildman–Crippen LogP) is 5.54. The molecule has 5 nitrogen and oxygen atoms in total. The van der Waals surface area contributed by atoms with Crippen molar-refractivity contribution < 1.29 is 14.3 Å². The number of anilines is 2. The van der Waals surface area contributed by atoms with E-state index in [9.17, 15) is 4.79 Å². The van der Waals surface area contributed by atoms with Crippen LogP contribution in [0.5, 0.6) is 11.5 Å². The molecule has 0 atom stereocenters. The summed E-state index contributed by atoms with van der Waals surface area (Å²) < 4.78 is 11.8. The van der Waals surface area contributed by atoms with Gasteiger partial charge >= 0.3 is 0 Å². The van der Waals surface area contributed by atoms with Gasteiger partial charge in [0.1, 0.15) is 6.61 Å². The summed E-state index contributed by atoms with van der Waals surface area (Å²) in [5.74, 6) is 1.40. The van der Waals surface area contributed by atoms with Crippen LogP contribution in [0.2, 0.25) is 0 Å². The predicted molar refractivity (Wildman–Crippen MR) is 121 cm³/mol. The Balaban J connectivity index is 1.62. The summed E-state index contributed by atoms with van der Waals surface area (Å²) in [5, 5.41) is 6.15. The van der Waals surface area contributed by atoms with E-state index in [1.165, 1.54) is 12.5 Å². The summed E-state index contributed by atoms with van der Waals surface area (Å²) >= 11 is 0. The number of hydrogen-bond donors (Lipinski definition) is 2. The number of hydrogen-bond acceptors (Lipinski definition) is 4. The molecule has 3 aromatic rings. The van der Waals surface area contributed by atoms with Crippen molar-refractivity contribution in [2.75, 3.05) is 17.2 Å². The molecule has 0 aromatic heterocycles. The molecule has 3 aromatic carbocycles. The van der Waals surface area contributed by atoms with Crippen LogP contribution in [0, 0.1) is 6.92 Å². The van der Waals surface area contributed by atoms with Gasteiger partial charge in [-0.3, -0.25) is 4.79 Å². The van der Waals surface area contributed by atoms with Crippen LogP contribution < -0.4 is 20.1 Å². The van der Waals surface area contributed by atoms with Crippen molar-refractivity contribution in [2.24, 2.45) is 0 Å². The van der Waals surface area contributed by atoms with Gasteiger partial charge in [0.2, 0.25) is 5.91 Å². The quantitative estimate of drug-likeness (QED) is 0.491. The third-order valence-corrected chi connectivity index (χ3v) is 4.52. The Kier molecular flexibility index (Phi) is 7.33. The zero-order valence-electron chi connectivity index (χ0n) is 17.7. The molecule has 0 saturated carbocycles. The van der Waals surface area contributed by atoms with Gasteiger partial charge in [0, 0.05) is 24.8 Å². The summed E-state index contributed by atoms with van der Waals surface area (Å²) in [5.41, 5.74) is 5.20. The Morgan fingerprint density at radius 1 is 0.833 bits per heavy atom. The molecule has 0 aliphatic heterocycles. The van der Waals surface area contributed by atoms with Gasteiger partial charge in [0.05, 0.1) is 6.61 Å². The van der Waals surface area contributed by atoms with Crippen LogP contribution in [-0.4, -0.2) is 12.5 Å². The van der Waals surface area contributed by atoms with Gasteiger partial charge in [-0.15, -0.1) is 0 Å². The topological polar surface area (TPSA) is 59.6 Å². The molecule has 30 heavy (non-hydrogen) atoms. The molecule has 0 radical (unpaired) electrons. The van der Waals surface area contributed by atoms with Crippen LogP contribution >= 0.6 is 0 Å². The zero-order valence-corrected chi connectivity index (χ0v) is 17.7. The highest BCUT2D eigenvalue weighted by atomic mass is 16.5. The van der Waals surface area contributed by atoms with Crippen LogP contribution in [-0.2, 0) is 17.9 Å². The van der Waals surface area contributed by atoms with Crippen molar-refractivity contribution in [3.8, 4) is 11.5 Å². The van der Waals surface area contributed by atoms with Crippen molar-refractivity contribution in [1.82, 2.24) is 0 Å². The molecule has 2 N–H and O–H groups in total. The maximum atomic E-state index is 11.1. The van der Waals surface area contributed by atoms with Crippen LogP contribution in [0.4, 0.5) is 11.4 Å². The highest BCUT2D eigenvalue weighted by molar-refractivity contribution is 5.88. The molecule has 0 bridgehead atoms. The van der Waals surface area contributed by atoms with Crippen LogP contribution in [0.25, 0.3) is 0 Å². The third-order valence-electron chi connectivity index (χ3n) is 4.52. The SMILES string of the molecule is CCOc1cc(CNc2ccc(NC(C)=O)cc2)ccc1OCc1ccc(C)cc1. The summed E-state index contributed by atoms with van der Waals surface area (Å²) in [7, 11) is 0. The number of carbonyl (C=O) groups excluding carboxylic acids is 1. The van der Waals surface area contributed by atoms with E-state index >= 15 is 0 Å². The number of amides is 1. The molecule has 0 fully saturated rings. The van der Waals surface area contributed by atoms with E-state index in [-0.39, 0.29) is 5.91 Å². The van der Waals surface area contributed by atoms with E-state index in [0.717, 1.165) is 34.0 Å². The Bertz CT molecular complexity index is 967. The first-order chi connectivity index (χ1) is 14.5. The van der Waals surface area contributed by atoms with Gasteiger partial charge in [-0.1, -0.05) is 35.9 Å². The average molecular weight is 405 g/mol.